The van der Waals surface area contributed by atoms with Crippen molar-refractivity contribution in [3.05, 3.63) is 34.1 Å². The third-order valence-corrected chi connectivity index (χ3v) is 2.32. The fourth-order valence-electron chi connectivity index (χ4n) is 1.37. The van der Waals surface area contributed by atoms with Crippen LogP contribution in [0.15, 0.2) is 0 Å². The van der Waals surface area contributed by atoms with Gasteiger partial charge < -0.3 is 9.47 Å². The third kappa shape index (κ3) is 2.03. The van der Waals surface area contributed by atoms with Crippen LogP contribution >= 0.6 is 0 Å². The third-order valence-electron chi connectivity index (χ3n) is 2.32. The van der Waals surface area contributed by atoms with E-state index in [1.807, 2.05) is 0 Å². The molecule has 0 atom stereocenters. The van der Waals surface area contributed by atoms with Crippen LogP contribution in [-0.4, -0.2) is 26.2 Å². The maximum atomic E-state index is 13.7. The fraction of sp³-hybridized carbons (Fsp3) is 0.273. The summed E-state index contributed by atoms with van der Waals surface area (Å²) in [6, 6.07) is 0. The Morgan fingerprint density at radius 2 is 1.22 bits per heavy atom. The average Bonchev–Trinajstić information content (AvgIpc) is 2.38. The molecule has 4 nitrogen and oxygen atoms in total. The van der Waals surface area contributed by atoms with E-state index in [4.69, 9.17) is 0 Å². The highest BCUT2D eigenvalue weighted by atomic mass is 19.2. The predicted octanol–water partition coefficient (Wildman–Crippen LogP) is 1.99. The zero-order valence-corrected chi connectivity index (χ0v) is 9.77. The van der Waals surface area contributed by atoms with E-state index >= 15 is 0 Å². The highest BCUT2D eigenvalue weighted by molar-refractivity contribution is 6.03. The minimum absolute atomic E-state index is 0.722. The van der Waals surface area contributed by atoms with Crippen LogP contribution in [-0.2, 0) is 9.47 Å². The van der Waals surface area contributed by atoms with Gasteiger partial charge in [0.25, 0.3) is 0 Å². The summed E-state index contributed by atoms with van der Waals surface area (Å²) in [5.74, 6) is -7.23. The lowest BCUT2D eigenvalue weighted by molar-refractivity contribution is 0.0544. The van der Waals surface area contributed by atoms with Crippen molar-refractivity contribution < 1.29 is 32.2 Å². The zero-order valence-electron chi connectivity index (χ0n) is 9.77. The molecule has 1 aromatic rings. The Bertz CT molecular complexity index is 479. The van der Waals surface area contributed by atoms with Crippen LogP contribution < -0.4 is 0 Å². The van der Waals surface area contributed by atoms with E-state index in [0.717, 1.165) is 21.1 Å². The summed E-state index contributed by atoms with van der Waals surface area (Å²) >= 11 is 0. The van der Waals surface area contributed by atoms with Crippen molar-refractivity contribution in [1.82, 2.24) is 0 Å². The Labute approximate surface area is 100 Å². The number of halogens is 3. The van der Waals surface area contributed by atoms with Gasteiger partial charge in [0, 0.05) is 5.56 Å². The van der Waals surface area contributed by atoms with Crippen molar-refractivity contribution in [1.29, 1.82) is 0 Å². The normalized spacial score (nSPS) is 10.1. The monoisotopic (exact) mass is 262 g/mol. The molecule has 0 amide bonds. The number of benzene rings is 1. The first-order chi connectivity index (χ1) is 8.36. The fourth-order valence-corrected chi connectivity index (χ4v) is 1.37. The lowest BCUT2D eigenvalue weighted by Gasteiger charge is -2.11. The molecule has 7 heteroatoms. The van der Waals surface area contributed by atoms with Crippen LogP contribution in [0.3, 0.4) is 0 Å². The molecule has 0 aliphatic heterocycles. The van der Waals surface area contributed by atoms with E-state index in [1.165, 1.54) is 0 Å². The summed E-state index contributed by atoms with van der Waals surface area (Å²) in [7, 11) is 1.80. The summed E-state index contributed by atoms with van der Waals surface area (Å²) in [6.07, 6.45) is 0. The Balaban J connectivity index is 3.75. The van der Waals surface area contributed by atoms with Crippen molar-refractivity contribution in [3.63, 3.8) is 0 Å². The topological polar surface area (TPSA) is 52.6 Å². The van der Waals surface area contributed by atoms with Crippen LogP contribution in [0.4, 0.5) is 13.2 Å². The number of hydrogen-bond donors (Lipinski definition) is 0. The second-order valence-corrected chi connectivity index (χ2v) is 3.30. The summed E-state index contributed by atoms with van der Waals surface area (Å²) in [6.45, 7) is 0.932. The summed E-state index contributed by atoms with van der Waals surface area (Å²) in [5, 5.41) is 0. The van der Waals surface area contributed by atoms with Crippen LogP contribution in [0.5, 0.6) is 0 Å². The first-order valence-electron chi connectivity index (χ1n) is 4.70. The van der Waals surface area contributed by atoms with Gasteiger partial charge in [-0.3, -0.25) is 0 Å². The number of carbonyl (C=O) groups is 2. The smallest absolute Gasteiger partial charge is 0.341 e. The van der Waals surface area contributed by atoms with Gasteiger partial charge in [0.2, 0.25) is 0 Å². The van der Waals surface area contributed by atoms with Gasteiger partial charge in [-0.05, 0) is 6.92 Å². The van der Waals surface area contributed by atoms with Crippen molar-refractivity contribution >= 4 is 11.9 Å². The molecule has 0 saturated heterocycles. The summed E-state index contributed by atoms with van der Waals surface area (Å²) in [4.78, 5) is 22.6. The Morgan fingerprint density at radius 1 is 0.833 bits per heavy atom. The van der Waals surface area contributed by atoms with Gasteiger partial charge in [-0.2, -0.15) is 0 Å². The maximum absolute atomic E-state index is 13.7. The van der Waals surface area contributed by atoms with Crippen LogP contribution in [0.1, 0.15) is 26.3 Å². The van der Waals surface area contributed by atoms with Gasteiger partial charge >= 0.3 is 11.9 Å². The second kappa shape index (κ2) is 5.07. The van der Waals surface area contributed by atoms with Gasteiger partial charge in [-0.1, -0.05) is 0 Å². The lowest BCUT2D eigenvalue weighted by Crippen LogP contribution is -2.19. The highest BCUT2D eigenvalue weighted by Crippen LogP contribution is 2.26. The number of carbonyl (C=O) groups excluding carboxylic acids is 2. The van der Waals surface area contributed by atoms with Crippen molar-refractivity contribution in [2.45, 2.75) is 6.92 Å². The zero-order chi connectivity index (χ0) is 14.0. The maximum Gasteiger partial charge on any atom is 0.341 e. The molecule has 0 aromatic heterocycles. The van der Waals surface area contributed by atoms with Crippen molar-refractivity contribution in [2.24, 2.45) is 0 Å². The molecule has 0 heterocycles. The first-order valence-corrected chi connectivity index (χ1v) is 4.70. The number of ether oxygens (including phenoxy) is 2. The van der Waals surface area contributed by atoms with Gasteiger partial charge in [-0.15, -0.1) is 0 Å². The number of esters is 2. The lowest BCUT2D eigenvalue weighted by atomic mass is 10.0. The highest BCUT2D eigenvalue weighted by Gasteiger charge is 2.31. The van der Waals surface area contributed by atoms with E-state index in [9.17, 15) is 22.8 Å². The largest absolute Gasteiger partial charge is 0.465 e. The molecule has 0 unspecified atom stereocenters. The minimum Gasteiger partial charge on any atom is -0.465 e. The summed E-state index contributed by atoms with van der Waals surface area (Å²) < 4.78 is 49.0. The number of rotatable bonds is 2. The predicted molar refractivity (Wildman–Crippen MR) is 53.7 cm³/mol. The molecule has 18 heavy (non-hydrogen) atoms. The molecule has 0 N–H and O–H groups in total. The quantitative estimate of drug-likeness (QED) is 0.604. The molecular formula is C11H9F3O4. The van der Waals surface area contributed by atoms with E-state index in [2.05, 4.69) is 9.47 Å². The molecule has 0 saturated carbocycles. The molecular weight excluding hydrogens is 253 g/mol. The molecule has 1 aromatic carbocycles. The van der Waals surface area contributed by atoms with E-state index in [0.29, 0.717) is 0 Å². The molecule has 0 aliphatic carbocycles. The van der Waals surface area contributed by atoms with Crippen LogP contribution in [0, 0.1) is 24.4 Å². The van der Waals surface area contributed by atoms with E-state index < -0.39 is 46.1 Å². The minimum atomic E-state index is -1.65. The standard InChI is InChI=1S/C11H9F3O4/c1-4-7(12)5(10(15)17-2)6(11(16)18-3)9(14)8(4)13/h1-3H3. The molecule has 0 aliphatic rings. The van der Waals surface area contributed by atoms with Crippen molar-refractivity contribution in [2.75, 3.05) is 14.2 Å². The van der Waals surface area contributed by atoms with Gasteiger partial charge in [0.05, 0.1) is 14.2 Å². The molecule has 0 radical (unpaired) electrons. The number of hydrogen-bond acceptors (Lipinski definition) is 4. The average molecular weight is 262 g/mol. The molecule has 98 valence electrons. The SMILES string of the molecule is COC(=O)c1c(F)c(C)c(F)c(F)c1C(=O)OC. The molecule has 0 spiro atoms. The van der Waals surface area contributed by atoms with E-state index in [1.54, 1.807) is 0 Å². The Morgan fingerprint density at radius 3 is 1.61 bits per heavy atom. The molecule has 0 fully saturated rings. The van der Waals surface area contributed by atoms with Gasteiger partial charge in [0.1, 0.15) is 16.9 Å². The van der Waals surface area contributed by atoms with Crippen LogP contribution in [0.25, 0.3) is 0 Å². The van der Waals surface area contributed by atoms with E-state index in [-0.39, 0.29) is 0 Å². The number of methoxy groups -OCH3 is 2. The van der Waals surface area contributed by atoms with Crippen molar-refractivity contribution in [3.8, 4) is 0 Å². The Hall–Kier alpha value is -2.05. The molecule has 0 bridgehead atoms. The second-order valence-electron chi connectivity index (χ2n) is 3.30. The first kappa shape index (κ1) is 14.0. The van der Waals surface area contributed by atoms with Crippen LogP contribution in [0.2, 0.25) is 0 Å². The summed E-state index contributed by atoms with van der Waals surface area (Å²) in [5.41, 5.74) is -2.83. The van der Waals surface area contributed by atoms with Gasteiger partial charge in [-0.25, -0.2) is 22.8 Å². The Kier molecular flexibility index (Phi) is 3.95. The van der Waals surface area contributed by atoms with Gasteiger partial charge in [0.15, 0.2) is 11.6 Å². The molecule has 1 rings (SSSR count).